The van der Waals surface area contributed by atoms with Crippen LogP contribution in [0.3, 0.4) is 0 Å². The van der Waals surface area contributed by atoms with Gasteiger partial charge in [0.25, 0.3) is 5.56 Å². The summed E-state index contributed by atoms with van der Waals surface area (Å²) >= 11 is 0. The van der Waals surface area contributed by atoms with Gasteiger partial charge < -0.3 is 14.6 Å². The second-order valence-electron chi connectivity index (χ2n) is 8.41. The quantitative estimate of drug-likeness (QED) is 0.530. The summed E-state index contributed by atoms with van der Waals surface area (Å²) in [5.74, 6) is 1.06. The van der Waals surface area contributed by atoms with Crippen molar-refractivity contribution in [2.24, 2.45) is 0 Å². The van der Waals surface area contributed by atoms with E-state index in [1.54, 1.807) is 18.6 Å². The van der Waals surface area contributed by atoms with Crippen LogP contribution in [0, 0.1) is 0 Å². The molecule has 0 spiro atoms. The van der Waals surface area contributed by atoms with Crippen LogP contribution in [0.25, 0.3) is 28.1 Å². The third-order valence-electron chi connectivity index (χ3n) is 5.84. The fourth-order valence-electron chi connectivity index (χ4n) is 4.15. The predicted octanol–water partition coefficient (Wildman–Crippen LogP) is 2.58. The Morgan fingerprint density at radius 1 is 1.19 bits per heavy atom. The number of rotatable bonds is 4. The highest BCUT2D eigenvalue weighted by Gasteiger charge is 2.19. The second kappa shape index (κ2) is 8.16. The molecule has 1 aliphatic rings. The van der Waals surface area contributed by atoms with Gasteiger partial charge in [0.2, 0.25) is 0 Å². The van der Waals surface area contributed by atoms with Crippen LogP contribution in [-0.2, 0) is 0 Å². The highest BCUT2D eigenvalue weighted by atomic mass is 16.3. The number of pyridine rings is 1. The molecular formula is C23H25N7O2. The first-order chi connectivity index (χ1) is 15.5. The van der Waals surface area contributed by atoms with Crippen LogP contribution in [0.4, 0.5) is 5.69 Å². The summed E-state index contributed by atoms with van der Waals surface area (Å²) in [5, 5.41) is 23.9. The summed E-state index contributed by atoms with van der Waals surface area (Å²) in [6.45, 7) is 5.53. The van der Waals surface area contributed by atoms with Gasteiger partial charge in [-0.05, 0) is 51.0 Å². The first kappa shape index (κ1) is 20.3. The molecular weight excluding hydrogens is 406 g/mol. The molecule has 0 radical (unpaired) electrons. The minimum Gasteiger partial charge on any atom is -0.391 e. The van der Waals surface area contributed by atoms with E-state index >= 15 is 0 Å². The van der Waals surface area contributed by atoms with Crippen molar-refractivity contribution in [1.29, 1.82) is 0 Å². The molecule has 3 aromatic heterocycles. The number of aliphatic hydroxyl groups is 1. The van der Waals surface area contributed by atoms with Crippen LogP contribution in [0.5, 0.6) is 0 Å². The molecule has 4 heterocycles. The van der Waals surface area contributed by atoms with Crippen LogP contribution in [0.2, 0.25) is 0 Å². The van der Waals surface area contributed by atoms with E-state index in [1.165, 1.54) is 4.68 Å². The average molecular weight is 432 g/mol. The predicted molar refractivity (Wildman–Crippen MR) is 122 cm³/mol. The standard InChI is InChI=1S/C23H25N7O2/c1-15(2)29-14-24-27-22(29)20-6-3-7-21(26-20)30-23(32)19-11-17(9-8-16(19)12-25-30)28-10-4-5-18(31)13-28/h3,6-9,11-12,14-15,18,31H,4-5,10,13H2,1-2H3. The molecule has 164 valence electrons. The van der Waals surface area contributed by atoms with Crippen molar-refractivity contribution < 1.29 is 5.11 Å². The summed E-state index contributed by atoms with van der Waals surface area (Å²) in [6, 6.07) is 11.4. The third-order valence-corrected chi connectivity index (χ3v) is 5.84. The summed E-state index contributed by atoms with van der Waals surface area (Å²) in [4.78, 5) is 20.1. The number of anilines is 1. The molecule has 9 heteroatoms. The van der Waals surface area contributed by atoms with E-state index in [4.69, 9.17) is 0 Å². The normalized spacial score (nSPS) is 16.8. The summed E-state index contributed by atoms with van der Waals surface area (Å²) in [6.07, 6.45) is 4.75. The van der Waals surface area contributed by atoms with Crippen molar-refractivity contribution in [2.45, 2.75) is 38.8 Å². The van der Waals surface area contributed by atoms with Crippen LogP contribution < -0.4 is 10.5 Å². The smallest absolute Gasteiger partial charge is 0.280 e. The Morgan fingerprint density at radius 3 is 2.88 bits per heavy atom. The minimum absolute atomic E-state index is 0.179. The van der Waals surface area contributed by atoms with Crippen LogP contribution in [-0.4, -0.2) is 53.8 Å². The van der Waals surface area contributed by atoms with Gasteiger partial charge >= 0.3 is 0 Å². The lowest BCUT2D eigenvalue weighted by atomic mass is 10.1. The Hall–Kier alpha value is -3.59. The lowest BCUT2D eigenvalue weighted by Crippen LogP contribution is -2.38. The van der Waals surface area contributed by atoms with Crippen LogP contribution >= 0.6 is 0 Å². The van der Waals surface area contributed by atoms with Crippen molar-refractivity contribution >= 4 is 16.5 Å². The van der Waals surface area contributed by atoms with Crippen LogP contribution in [0.1, 0.15) is 32.7 Å². The number of piperidine rings is 1. The number of hydrogen-bond acceptors (Lipinski definition) is 7. The van der Waals surface area contributed by atoms with Gasteiger partial charge in [0.05, 0.1) is 17.7 Å². The Bertz CT molecular complexity index is 1330. The molecule has 1 aliphatic heterocycles. The molecule has 1 atom stereocenters. The Kier molecular flexibility index (Phi) is 5.18. The van der Waals surface area contributed by atoms with E-state index in [0.717, 1.165) is 30.5 Å². The summed E-state index contributed by atoms with van der Waals surface area (Å²) in [7, 11) is 0. The topological polar surface area (TPSA) is 102 Å². The molecule has 1 fully saturated rings. The molecule has 1 saturated heterocycles. The van der Waals surface area contributed by atoms with Crippen molar-refractivity contribution in [3.63, 3.8) is 0 Å². The second-order valence-corrected chi connectivity index (χ2v) is 8.41. The molecule has 0 amide bonds. The SMILES string of the molecule is CC(C)n1cnnc1-c1cccc(-n2ncc3ccc(N4CCCC(O)C4)cc3c2=O)n1. The third kappa shape index (κ3) is 3.64. The first-order valence-corrected chi connectivity index (χ1v) is 10.8. The molecule has 32 heavy (non-hydrogen) atoms. The zero-order valence-electron chi connectivity index (χ0n) is 18.1. The number of nitrogens with zero attached hydrogens (tertiary/aromatic N) is 7. The molecule has 4 aromatic rings. The summed E-state index contributed by atoms with van der Waals surface area (Å²) in [5.41, 5.74) is 1.31. The van der Waals surface area contributed by atoms with Gasteiger partial charge in [-0.25, -0.2) is 4.98 Å². The maximum Gasteiger partial charge on any atom is 0.280 e. The van der Waals surface area contributed by atoms with Gasteiger partial charge in [-0.3, -0.25) is 4.79 Å². The number of aromatic nitrogens is 6. The van der Waals surface area contributed by atoms with E-state index in [2.05, 4.69) is 25.2 Å². The van der Waals surface area contributed by atoms with Gasteiger partial charge in [-0.1, -0.05) is 12.1 Å². The monoisotopic (exact) mass is 431 g/mol. The van der Waals surface area contributed by atoms with E-state index < -0.39 is 0 Å². The number of benzene rings is 1. The highest BCUT2D eigenvalue weighted by Crippen LogP contribution is 2.24. The fraction of sp³-hybridized carbons (Fsp3) is 0.348. The molecule has 5 rings (SSSR count). The van der Waals surface area contributed by atoms with Gasteiger partial charge in [0, 0.05) is 30.2 Å². The number of hydrogen-bond donors (Lipinski definition) is 1. The Balaban J connectivity index is 1.57. The van der Waals surface area contributed by atoms with Crippen molar-refractivity contribution in [1.82, 2.24) is 29.5 Å². The average Bonchev–Trinajstić information content (AvgIpc) is 3.30. The maximum atomic E-state index is 13.4. The zero-order chi connectivity index (χ0) is 22.2. The maximum absolute atomic E-state index is 13.4. The van der Waals surface area contributed by atoms with Gasteiger partial charge in [0.15, 0.2) is 11.6 Å². The molecule has 1 N–H and O–H groups in total. The molecule has 0 bridgehead atoms. The summed E-state index contributed by atoms with van der Waals surface area (Å²) < 4.78 is 3.25. The lowest BCUT2D eigenvalue weighted by Gasteiger charge is -2.32. The molecule has 0 saturated carbocycles. The lowest BCUT2D eigenvalue weighted by molar-refractivity contribution is 0.154. The van der Waals surface area contributed by atoms with Crippen molar-refractivity contribution in [3.05, 3.63) is 59.3 Å². The number of fused-ring (bicyclic) bond motifs is 1. The van der Waals surface area contributed by atoms with E-state index in [9.17, 15) is 9.90 Å². The van der Waals surface area contributed by atoms with Gasteiger partial charge in [0.1, 0.15) is 12.0 Å². The van der Waals surface area contributed by atoms with Crippen molar-refractivity contribution in [3.8, 4) is 17.3 Å². The minimum atomic E-state index is -0.339. The number of β-amino-alcohol motifs (C(OH)–C–C–N with tert-alkyl or cyclic N) is 1. The van der Waals surface area contributed by atoms with Gasteiger partial charge in [-0.2, -0.15) is 9.78 Å². The van der Waals surface area contributed by atoms with E-state index in [1.807, 2.05) is 48.7 Å². The Morgan fingerprint density at radius 2 is 2.06 bits per heavy atom. The number of aliphatic hydroxyl groups excluding tert-OH is 1. The van der Waals surface area contributed by atoms with Gasteiger partial charge in [-0.15, -0.1) is 10.2 Å². The van der Waals surface area contributed by atoms with Crippen LogP contribution in [0.15, 0.2) is 53.7 Å². The molecule has 1 unspecified atom stereocenters. The highest BCUT2D eigenvalue weighted by molar-refractivity contribution is 5.84. The van der Waals surface area contributed by atoms with E-state index in [-0.39, 0.29) is 17.7 Å². The van der Waals surface area contributed by atoms with Crippen molar-refractivity contribution in [2.75, 3.05) is 18.0 Å². The van der Waals surface area contributed by atoms with E-state index in [0.29, 0.717) is 29.3 Å². The fourth-order valence-corrected chi connectivity index (χ4v) is 4.15. The molecule has 1 aromatic carbocycles. The molecule has 9 nitrogen and oxygen atoms in total. The zero-order valence-corrected chi connectivity index (χ0v) is 18.1. The largest absolute Gasteiger partial charge is 0.391 e. The first-order valence-electron chi connectivity index (χ1n) is 10.8. The molecule has 0 aliphatic carbocycles. The Labute approximate surface area is 185 Å².